The van der Waals surface area contributed by atoms with Crippen LogP contribution in [0.2, 0.25) is 0 Å². The molecule has 0 aliphatic carbocycles. The van der Waals surface area contributed by atoms with E-state index in [9.17, 15) is 0 Å². The molecule has 31 heavy (non-hydrogen) atoms. The van der Waals surface area contributed by atoms with Gasteiger partial charge < -0.3 is 0 Å². The van der Waals surface area contributed by atoms with Crippen LogP contribution in [0, 0.1) is 0 Å². The molecule has 0 amide bonds. The highest BCUT2D eigenvalue weighted by Crippen LogP contribution is 2.43. The van der Waals surface area contributed by atoms with Gasteiger partial charge in [-0.3, -0.25) is 0 Å². The zero-order valence-electron chi connectivity index (χ0n) is 18.5. The molecule has 0 saturated carbocycles. The molecule has 3 aromatic carbocycles. The minimum absolute atomic E-state index is 0.954. The van der Waals surface area contributed by atoms with Crippen LogP contribution in [0.25, 0.3) is 0 Å². The predicted molar refractivity (Wildman–Crippen MR) is 143 cm³/mol. The molecule has 0 unspecified atom stereocenters. The fraction of sp³-hybridized carbons (Fsp3) is 0.167. The fourth-order valence-corrected chi connectivity index (χ4v) is 7.67. The van der Waals surface area contributed by atoms with Crippen molar-refractivity contribution in [1.82, 2.24) is 0 Å². The van der Waals surface area contributed by atoms with Gasteiger partial charge in [0, 0.05) is 0 Å². The Morgan fingerprint density at radius 3 is 1.23 bits per heavy atom. The zero-order valence-corrected chi connectivity index (χ0v) is 19.4. The van der Waals surface area contributed by atoms with E-state index in [1.807, 2.05) is 0 Å². The summed E-state index contributed by atoms with van der Waals surface area (Å²) in [5.41, 5.74) is 0. The molecule has 0 radical (unpaired) electrons. The SMILES string of the molecule is CCC=CCC=CCC=CCC=P(c1ccccc1)(c1ccccc1)c1ccccc1. The van der Waals surface area contributed by atoms with Crippen LogP contribution in [0.3, 0.4) is 0 Å². The second-order valence-electron chi connectivity index (χ2n) is 7.44. The average Bonchev–Trinajstić information content (AvgIpc) is 2.84. The van der Waals surface area contributed by atoms with Crippen molar-refractivity contribution < 1.29 is 0 Å². The first-order chi connectivity index (χ1) is 15.4. The zero-order chi connectivity index (χ0) is 21.6. The summed E-state index contributed by atoms with van der Waals surface area (Å²) in [5.74, 6) is 2.57. The van der Waals surface area contributed by atoms with E-state index in [0.29, 0.717) is 0 Å². The number of hydrogen-bond acceptors (Lipinski definition) is 0. The fourth-order valence-electron chi connectivity index (χ4n) is 3.78. The van der Waals surface area contributed by atoms with Gasteiger partial charge in [0.25, 0.3) is 0 Å². The lowest BCUT2D eigenvalue weighted by Crippen LogP contribution is -2.26. The van der Waals surface area contributed by atoms with Gasteiger partial charge in [-0.15, -0.1) is 0 Å². The second kappa shape index (κ2) is 12.8. The highest BCUT2D eigenvalue weighted by Gasteiger charge is 2.23. The molecule has 0 atom stereocenters. The van der Waals surface area contributed by atoms with Crippen molar-refractivity contribution >= 4 is 28.6 Å². The maximum absolute atomic E-state index is 2.57. The quantitative estimate of drug-likeness (QED) is 0.242. The molecule has 0 spiro atoms. The van der Waals surface area contributed by atoms with Crippen molar-refractivity contribution in [2.75, 3.05) is 0 Å². The van der Waals surface area contributed by atoms with Crippen molar-refractivity contribution in [2.24, 2.45) is 0 Å². The van der Waals surface area contributed by atoms with E-state index < -0.39 is 6.89 Å². The molecular formula is C30H33P. The molecule has 3 rings (SSSR count). The van der Waals surface area contributed by atoms with E-state index in [1.54, 1.807) is 0 Å². The van der Waals surface area contributed by atoms with Crippen LogP contribution in [-0.2, 0) is 0 Å². The normalized spacial score (nSPS) is 12.2. The summed E-state index contributed by atoms with van der Waals surface area (Å²) in [4.78, 5) is 0. The Labute approximate surface area is 188 Å². The monoisotopic (exact) mass is 424 g/mol. The standard InChI is InChI=1S/C30H33P/c1-2-3-4-5-6-7-8-9-10-20-27-31(28-21-14-11-15-22-28,29-23-16-12-17-24-29)30-25-18-13-19-26-30/h3-4,6-7,9-19,21-27H,2,5,8,20H2,1H3. The van der Waals surface area contributed by atoms with Crippen molar-refractivity contribution in [3.05, 3.63) is 127 Å². The Balaban J connectivity index is 1.93. The van der Waals surface area contributed by atoms with Crippen LogP contribution in [0.5, 0.6) is 0 Å². The van der Waals surface area contributed by atoms with Gasteiger partial charge in [-0.2, -0.15) is 0 Å². The molecule has 0 heterocycles. The lowest BCUT2D eigenvalue weighted by Gasteiger charge is -2.28. The lowest BCUT2D eigenvalue weighted by atomic mass is 10.2. The lowest BCUT2D eigenvalue weighted by molar-refractivity contribution is 1.19. The van der Waals surface area contributed by atoms with E-state index in [-0.39, 0.29) is 0 Å². The molecular weight excluding hydrogens is 391 g/mol. The Morgan fingerprint density at radius 2 is 0.839 bits per heavy atom. The maximum Gasteiger partial charge on any atom is -0.0156 e. The van der Waals surface area contributed by atoms with Crippen molar-refractivity contribution in [1.29, 1.82) is 0 Å². The topological polar surface area (TPSA) is 0 Å². The smallest absolute Gasteiger partial charge is 0.0156 e. The van der Waals surface area contributed by atoms with Gasteiger partial charge in [0.1, 0.15) is 0 Å². The van der Waals surface area contributed by atoms with Crippen LogP contribution in [0.1, 0.15) is 32.6 Å². The van der Waals surface area contributed by atoms with Gasteiger partial charge in [-0.25, -0.2) is 0 Å². The third-order valence-electron chi connectivity index (χ3n) is 5.29. The summed E-state index contributed by atoms with van der Waals surface area (Å²) in [5, 5.41) is 4.22. The third kappa shape index (κ3) is 6.33. The molecule has 0 aromatic heterocycles. The van der Waals surface area contributed by atoms with Gasteiger partial charge >= 0.3 is 0 Å². The molecule has 0 N–H and O–H groups in total. The molecule has 0 fully saturated rings. The van der Waals surface area contributed by atoms with Gasteiger partial charge in [0.05, 0.1) is 0 Å². The van der Waals surface area contributed by atoms with Crippen LogP contribution < -0.4 is 15.9 Å². The second-order valence-corrected chi connectivity index (χ2v) is 10.8. The Morgan fingerprint density at radius 1 is 0.484 bits per heavy atom. The molecule has 0 nitrogen and oxygen atoms in total. The van der Waals surface area contributed by atoms with Crippen molar-refractivity contribution in [3.8, 4) is 0 Å². The summed E-state index contributed by atoms with van der Waals surface area (Å²) in [6.45, 7) is 0.338. The average molecular weight is 425 g/mol. The summed E-state index contributed by atoms with van der Waals surface area (Å²) < 4.78 is 0. The largest absolute Gasteiger partial charge is 0.0885 e. The van der Waals surface area contributed by atoms with Crippen LogP contribution in [0.4, 0.5) is 0 Å². The number of benzene rings is 3. The summed E-state index contributed by atoms with van der Waals surface area (Å²) in [6.07, 6.45) is 17.6. The predicted octanol–water partition coefficient (Wildman–Crippen LogP) is 7.03. The summed E-state index contributed by atoms with van der Waals surface area (Å²) >= 11 is 0. The molecule has 1 heteroatoms. The maximum atomic E-state index is 2.57. The van der Waals surface area contributed by atoms with E-state index in [4.69, 9.17) is 0 Å². The minimum Gasteiger partial charge on any atom is -0.0885 e. The van der Waals surface area contributed by atoms with E-state index >= 15 is 0 Å². The van der Waals surface area contributed by atoms with Crippen LogP contribution in [-0.4, -0.2) is 5.80 Å². The first-order valence-electron chi connectivity index (χ1n) is 11.2. The molecule has 0 saturated heterocycles. The minimum atomic E-state index is -1.83. The van der Waals surface area contributed by atoms with Crippen LogP contribution >= 0.6 is 6.89 Å². The van der Waals surface area contributed by atoms with E-state index in [1.165, 1.54) is 15.9 Å². The first kappa shape index (κ1) is 22.9. The Hall–Kier alpha value is -2.82. The highest BCUT2D eigenvalue weighted by atomic mass is 31.2. The summed E-state index contributed by atoms with van der Waals surface area (Å²) in [7, 11) is 0. The molecule has 0 aliphatic rings. The molecule has 3 aromatic rings. The number of hydrogen-bond donors (Lipinski definition) is 0. The molecule has 0 aliphatic heterocycles. The highest BCUT2D eigenvalue weighted by molar-refractivity contribution is 7.94. The van der Waals surface area contributed by atoms with Crippen LogP contribution in [0.15, 0.2) is 127 Å². The summed E-state index contributed by atoms with van der Waals surface area (Å²) in [6, 6.07) is 33.1. The first-order valence-corrected chi connectivity index (χ1v) is 13.1. The van der Waals surface area contributed by atoms with Gasteiger partial charge in [0.2, 0.25) is 0 Å². The van der Waals surface area contributed by atoms with Gasteiger partial charge in [-0.05, 0) is 48.5 Å². The number of rotatable bonds is 10. The van der Waals surface area contributed by atoms with Gasteiger partial charge in [0.15, 0.2) is 0 Å². The van der Waals surface area contributed by atoms with Crippen molar-refractivity contribution in [2.45, 2.75) is 32.6 Å². The Kier molecular flexibility index (Phi) is 9.42. The van der Waals surface area contributed by atoms with E-state index in [0.717, 1.165) is 25.7 Å². The third-order valence-corrected chi connectivity index (χ3v) is 9.38. The van der Waals surface area contributed by atoms with Gasteiger partial charge in [-0.1, -0.05) is 140 Å². The van der Waals surface area contributed by atoms with E-state index in [2.05, 4.69) is 140 Å². The molecule has 0 bridgehead atoms. The Bertz CT molecular complexity index is 922. The number of allylic oxidation sites excluding steroid dienone is 6. The van der Waals surface area contributed by atoms with Crippen molar-refractivity contribution in [3.63, 3.8) is 0 Å². The molecule has 158 valence electrons.